The molecule has 7 aromatic rings. The Morgan fingerprint density at radius 1 is 0.492 bits per heavy atom. The summed E-state index contributed by atoms with van der Waals surface area (Å²) >= 11 is 3.63. The number of hydrogen-bond donors (Lipinski definition) is 0. The molecule has 2 aliphatic carbocycles. The number of allylic oxidation sites excluding steroid dienone is 5. The van der Waals surface area contributed by atoms with Gasteiger partial charge < -0.3 is 4.90 Å². The standard InChI is InChI=1S/C43H28BrN.C5H10.C5H8.2C2H6/c44-31-12-10-11-30(27-31)29-21-23-33(24-22-29)45(32-13-2-1-3-14-32)34-25-26-38-37-17-6-9-20-41(37)43(42(38)28-34)39-18-7-4-15-35(39)36-16-5-8-19-40(36)43;2*1-3-5-4-2;2*1-2/h1-28H;3,5H,4H2,1-2H3;3-5H,1H2,2H3;2*1-2H3/b;5-3-;5-4-;;. The number of para-hydroxylation sites is 1. The second-order valence-electron chi connectivity index (χ2n) is 13.6. The van der Waals surface area contributed by atoms with Gasteiger partial charge in [0.05, 0.1) is 5.41 Å². The van der Waals surface area contributed by atoms with E-state index >= 15 is 0 Å². The lowest BCUT2D eigenvalue weighted by Crippen LogP contribution is -2.26. The third kappa shape index (κ3) is 9.04. The van der Waals surface area contributed by atoms with Crippen LogP contribution < -0.4 is 4.90 Å². The summed E-state index contributed by atoms with van der Waals surface area (Å²) in [5.74, 6) is 0. The van der Waals surface area contributed by atoms with E-state index in [9.17, 15) is 0 Å². The van der Waals surface area contributed by atoms with Crippen molar-refractivity contribution in [2.45, 2.75) is 60.3 Å². The van der Waals surface area contributed by atoms with Crippen molar-refractivity contribution in [1.29, 1.82) is 0 Å². The largest absolute Gasteiger partial charge is 0.310 e. The summed E-state index contributed by atoms with van der Waals surface area (Å²) in [6, 6.07) is 62.1. The average Bonchev–Trinajstić information content (AvgIpc) is 3.77. The van der Waals surface area contributed by atoms with E-state index in [-0.39, 0.29) is 5.41 Å². The molecule has 0 heterocycles. The van der Waals surface area contributed by atoms with Gasteiger partial charge in [-0.25, -0.2) is 0 Å². The van der Waals surface area contributed by atoms with Gasteiger partial charge in [0.1, 0.15) is 0 Å². The van der Waals surface area contributed by atoms with Crippen molar-refractivity contribution >= 4 is 33.0 Å². The Bertz CT molecular complexity index is 2410. The van der Waals surface area contributed by atoms with Crippen molar-refractivity contribution in [3.63, 3.8) is 0 Å². The Morgan fingerprint density at radius 3 is 1.44 bits per heavy atom. The highest BCUT2D eigenvalue weighted by molar-refractivity contribution is 9.10. The molecular weight excluding hydrogens is 779 g/mol. The quantitative estimate of drug-likeness (QED) is 0.119. The molecule has 0 amide bonds. The molecule has 0 aliphatic heterocycles. The first-order valence-corrected chi connectivity index (χ1v) is 21.9. The van der Waals surface area contributed by atoms with Crippen LogP contribution in [-0.2, 0) is 5.41 Å². The maximum absolute atomic E-state index is 3.63. The van der Waals surface area contributed by atoms with Crippen LogP contribution in [0.1, 0.15) is 77.1 Å². The van der Waals surface area contributed by atoms with Crippen LogP contribution >= 0.6 is 15.9 Å². The highest BCUT2D eigenvalue weighted by Crippen LogP contribution is 2.63. The van der Waals surface area contributed by atoms with Gasteiger partial charge in [-0.1, -0.05) is 209 Å². The number of hydrogen-bond acceptors (Lipinski definition) is 1. The third-order valence-corrected chi connectivity index (χ3v) is 10.8. The molecule has 2 heteroatoms. The Balaban J connectivity index is 0.000000417. The minimum atomic E-state index is -0.373. The number of halogens is 1. The van der Waals surface area contributed by atoms with Crippen LogP contribution in [0.25, 0.3) is 33.4 Å². The van der Waals surface area contributed by atoms with Crippen LogP contribution in [0, 0.1) is 0 Å². The zero-order valence-electron chi connectivity index (χ0n) is 35.8. The molecule has 9 rings (SSSR count). The fourth-order valence-corrected chi connectivity index (χ4v) is 8.49. The second kappa shape index (κ2) is 21.7. The van der Waals surface area contributed by atoms with E-state index in [0.717, 1.165) is 28.0 Å². The minimum absolute atomic E-state index is 0.373. The Labute approximate surface area is 363 Å². The lowest BCUT2D eigenvalue weighted by molar-refractivity contribution is 0.793. The topological polar surface area (TPSA) is 3.24 Å². The highest BCUT2D eigenvalue weighted by atomic mass is 79.9. The Kier molecular flexibility index (Phi) is 16.2. The molecule has 0 aromatic heterocycles. The predicted molar refractivity (Wildman–Crippen MR) is 263 cm³/mol. The Hall–Kier alpha value is -5.96. The van der Waals surface area contributed by atoms with E-state index < -0.39 is 0 Å². The second-order valence-corrected chi connectivity index (χ2v) is 14.5. The molecule has 0 saturated heterocycles. The first-order valence-electron chi connectivity index (χ1n) is 21.1. The zero-order valence-corrected chi connectivity index (χ0v) is 37.4. The maximum Gasteiger partial charge on any atom is 0.0726 e. The van der Waals surface area contributed by atoms with Crippen molar-refractivity contribution < 1.29 is 0 Å². The number of nitrogens with zero attached hydrogens (tertiary/aromatic N) is 1. The summed E-state index contributed by atoms with van der Waals surface area (Å²) in [5, 5.41) is 0. The Morgan fingerprint density at radius 2 is 0.983 bits per heavy atom. The van der Waals surface area contributed by atoms with E-state index in [0.29, 0.717) is 0 Å². The van der Waals surface area contributed by atoms with Gasteiger partial charge >= 0.3 is 0 Å². The van der Waals surface area contributed by atoms with E-state index in [1.54, 1.807) is 6.08 Å². The number of rotatable bonds is 6. The molecule has 0 bridgehead atoms. The zero-order chi connectivity index (χ0) is 42.2. The first-order chi connectivity index (χ1) is 29.1. The molecule has 7 aromatic carbocycles. The van der Waals surface area contributed by atoms with E-state index in [1.165, 1.54) is 55.6 Å². The van der Waals surface area contributed by atoms with Gasteiger partial charge in [0.2, 0.25) is 0 Å². The fraction of sp³-hybridized carbons (Fsp3) is 0.158. The number of anilines is 3. The lowest BCUT2D eigenvalue weighted by Gasteiger charge is -2.32. The normalized spacial score (nSPS) is 11.9. The fourth-order valence-electron chi connectivity index (χ4n) is 8.09. The highest BCUT2D eigenvalue weighted by Gasteiger charge is 2.51. The molecule has 1 spiro atoms. The van der Waals surface area contributed by atoms with Gasteiger partial charge in [-0.15, -0.1) is 0 Å². The van der Waals surface area contributed by atoms with E-state index in [1.807, 2.05) is 53.7 Å². The third-order valence-electron chi connectivity index (χ3n) is 10.3. The van der Waals surface area contributed by atoms with E-state index in [2.05, 4.69) is 216 Å². The molecule has 59 heavy (non-hydrogen) atoms. The SMILES string of the molecule is Brc1cccc(-c2ccc(N(c3ccccc3)c3ccc4c(c3)C3(c5ccccc5-c5ccccc53)c3ccccc3-4)cc2)c1.C/C=C\CC.C=C/C=C\C.CC.CC. The summed E-state index contributed by atoms with van der Waals surface area (Å²) in [7, 11) is 0. The predicted octanol–water partition coefficient (Wildman–Crippen LogP) is 17.7. The summed E-state index contributed by atoms with van der Waals surface area (Å²) in [6.45, 7) is 17.6. The van der Waals surface area contributed by atoms with E-state index in [4.69, 9.17) is 0 Å². The van der Waals surface area contributed by atoms with Crippen LogP contribution in [0.3, 0.4) is 0 Å². The summed E-state index contributed by atoms with van der Waals surface area (Å²) in [4.78, 5) is 2.38. The van der Waals surface area contributed by atoms with Crippen molar-refractivity contribution in [3.8, 4) is 33.4 Å². The average molecular weight is 837 g/mol. The minimum Gasteiger partial charge on any atom is -0.310 e. The molecule has 0 fully saturated rings. The van der Waals surface area contributed by atoms with Gasteiger partial charge in [0.15, 0.2) is 0 Å². The smallest absolute Gasteiger partial charge is 0.0726 e. The maximum atomic E-state index is 3.63. The summed E-state index contributed by atoms with van der Waals surface area (Å²) in [5.41, 5.74) is 16.1. The van der Waals surface area contributed by atoms with Crippen molar-refractivity contribution in [3.05, 3.63) is 234 Å². The first kappa shape index (κ1) is 44.1. The molecule has 2 aliphatic rings. The van der Waals surface area contributed by atoms with Crippen LogP contribution in [0.4, 0.5) is 17.1 Å². The molecule has 0 N–H and O–H groups in total. The lowest BCUT2D eigenvalue weighted by atomic mass is 9.70. The van der Waals surface area contributed by atoms with Gasteiger partial charge in [-0.2, -0.15) is 0 Å². The summed E-state index contributed by atoms with van der Waals surface area (Å²) in [6.07, 6.45) is 10.9. The van der Waals surface area contributed by atoms with Gasteiger partial charge in [-0.05, 0) is 124 Å². The number of fused-ring (bicyclic) bond motifs is 10. The molecule has 0 saturated carbocycles. The molecule has 0 radical (unpaired) electrons. The van der Waals surface area contributed by atoms with Crippen LogP contribution in [-0.4, -0.2) is 0 Å². The summed E-state index contributed by atoms with van der Waals surface area (Å²) < 4.78 is 1.08. The van der Waals surface area contributed by atoms with Crippen LogP contribution in [0.15, 0.2) is 211 Å². The van der Waals surface area contributed by atoms with Crippen LogP contribution in [0.5, 0.6) is 0 Å². The van der Waals surface area contributed by atoms with Gasteiger partial charge in [-0.3, -0.25) is 0 Å². The van der Waals surface area contributed by atoms with Gasteiger partial charge in [0.25, 0.3) is 0 Å². The van der Waals surface area contributed by atoms with Crippen molar-refractivity contribution in [2.24, 2.45) is 0 Å². The van der Waals surface area contributed by atoms with Crippen LogP contribution in [0.2, 0.25) is 0 Å². The van der Waals surface area contributed by atoms with Gasteiger partial charge in [0, 0.05) is 21.5 Å². The van der Waals surface area contributed by atoms with Crippen molar-refractivity contribution in [1.82, 2.24) is 0 Å². The molecule has 0 atom stereocenters. The monoisotopic (exact) mass is 835 g/mol. The number of benzene rings is 7. The van der Waals surface area contributed by atoms with Crippen molar-refractivity contribution in [2.75, 3.05) is 4.90 Å². The molecule has 298 valence electrons. The molecular formula is C57H58BrN. The molecule has 0 unspecified atom stereocenters. The molecule has 1 nitrogen and oxygen atoms in total.